The molecule has 0 aliphatic heterocycles. The van der Waals surface area contributed by atoms with Crippen LogP contribution in [0.4, 0.5) is 15.2 Å². The van der Waals surface area contributed by atoms with Crippen LogP contribution in [0.15, 0.2) is 28.6 Å². The highest BCUT2D eigenvalue weighted by Crippen LogP contribution is 2.29. The van der Waals surface area contributed by atoms with Crippen LogP contribution in [0.1, 0.15) is 13.8 Å². The molecule has 0 atom stereocenters. The highest BCUT2D eigenvalue weighted by molar-refractivity contribution is 8.01. The lowest BCUT2D eigenvalue weighted by molar-refractivity contribution is 0.628. The van der Waals surface area contributed by atoms with Gasteiger partial charge < -0.3 is 5.32 Å². The maximum absolute atomic E-state index is 12.7. The molecule has 0 aliphatic carbocycles. The highest BCUT2D eigenvalue weighted by Gasteiger charge is 2.06. The first-order valence-electron chi connectivity index (χ1n) is 5.16. The van der Waals surface area contributed by atoms with Crippen molar-refractivity contribution >= 4 is 33.9 Å². The van der Waals surface area contributed by atoms with E-state index in [0.29, 0.717) is 5.25 Å². The van der Waals surface area contributed by atoms with Gasteiger partial charge in [-0.05, 0) is 24.3 Å². The first kappa shape index (κ1) is 12.3. The molecule has 3 nitrogen and oxygen atoms in total. The van der Waals surface area contributed by atoms with Crippen molar-refractivity contribution in [3.05, 3.63) is 30.1 Å². The Morgan fingerprint density at radius 2 is 1.94 bits per heavy atom. The molecule has 1 N–H and O–H groups in total. The van der Waals surface area contributed by atoms with Crippen molar-refractivity contribution in [2.75, 3.05) is 5.32 Å². The van der Waals surface area contributed by atoms with E-state index < -0.39 is 0 Å². The summed E-state index contributed by atoms with van der Waals surface area (Å²) >= 11 is 3.17. The van der Waals surface area contributed by atoms with Crippen molar-refractivity contribution in [3.8, 4) is 0 Å². The zero-order valence-electron chi connectivity index (χ0n) is 9.48. The molecule has 0 amide bonds. The number of hydrogen-bond acceptors (Lipinski definition) is 5. The van der Waals surface area contributed by atoms with Crippen molar-refractivity contribution in [2.24, 2.45) is 0 Å². The molecule has 0 radical (unpaired) electrons. The minimum Gasteiger partial charge on any atom is -0.330 e. The van der Waals surface area contributed by atoms with Crippen molar-refractivity contribution in [1.29, 1.82) is 0 Å². The molecule has 0 saturated carbocycles. The molecular weight excluding hydrogens is 257 g/mol. The monoisotopic (exact) mass is 269 g/mol. The molecule has 17 heavy (non-hydrogen) atoms. The largest absolute Gasteiger partial charge is 0.330 e. The molecule has 1 heterocycles. The molecule has 2 aromatic rings. The van der Waals surface area contributed by atoms with Crippen LogP contribution in [0.25, 0.3) is 0 Å². The Kier molecular flexibility index (Phi) is 3.96. The Balaban J connectivity index is 2.03. The Morgan fingerprint density at radius 3 is 2.59 bits per heavy atom. The summed E-state index contributed by atoms with van der Waals surface area (Å²) in [4.78, 5) is 0. The van der Waals surface area contributed by atoms with E-state index in [1.54, 1.807) is 23.9 Å². The fourth-order valence-corrected chi connectivity index (χ4v) is 3.16. The van der Waals surface area contributed by atoms with Gasteiger partial charge in [-0.25, -0.2) is 4.39 Å². The third kappa shape index (κ3) is 3.67. The number of halogens is 1. The minimum atomic E-state index is -0.246. The van der Waals surface area contributed by atoms with Gasteiger partial charge in [0.25, 0.3) is 0 Å². The third-order valence-electron chi connectivity index (χ3n) is 1.84. The van der Waals surface area contributed by atoms with Gasteiger partial charge in [0.2, 0.25) is 5.13 Å². The van der Waals surface area contributed by atoms with Gasteiger partial charge in [0.1, 0.15) is 5.82 Å². The molecule has 2 rings (SSSR count). The van der Waals surface area contributed by atoms with Crippen LogP contribution in [0.5, 0.6) is 0 Å². The maximum atomic E-state index is 12.7. The Labute approximate surface area is 107 Å². The van der Waals surface area contributed by atoms with Crippen LogP contribution in [0.2, 0.25) is 0 Å². The number of aromatic nitrogens is 2. The molecule has 1 aromatic carbocycles. The van der Waals surface area contributed by atoms with Crippen LogP contribution >= 0.6 is 23.1 Å². The van der Waals surface area contributed by atoms with Crippen LogP contribution in [-0.2, 0) is 0 Å². The summed E-state index contributed by atoms with van der Waals surface area (Å²) in [6.45, 7) is 4.22. The van der Waals surface area contributed by atoms with E-state index in [1.807, 2.05) is 0 Å². The van der Waals surface area contributed by atoms with E-state index in [1.165, 1.54) is 23.5 Å². The number of anilines is 2. The number of nitrogens with one attached hydrogen (secondary N) is 1. The summed E-state index contributed by atoms with van der Waals surface area (Å²) in [6.07, 6.45) is 0. The van der Waals surface area contributed by atoms with Crippen molar-refractivity contribution in [3.63, 3.8) is 0 Å². The van der Waals surface area contributed by atoms with E-state index >= 15 is 0 Å². The number of rotatable bonds is 4. The fourth-order valence-electron chi connectivity index (χ4n) is 1.17. The number of nitrogens with zero attached hydrogens (tertiary/aromatic N) is 2. The Bertz CT molecular complexity index is 482. The number of hydrogen-bond donors (Lipinski definition) is 1. The van der Waals surface area contributed by atoms with E-state index in [-0.39, 0.29) is 5.82 Å². The second-order valence-corrected chi connectivity index (χ2v) is 6.47. The molecular formula is C11H12FN3S2. The van der Waals surface area contributed by atoms with Gasteiger partial charge in [-0.15, -0.1) is 10.2 Å². The lowest BCUT2D eigenvalue weighted by Crippen LogP contribution is -1.89. The molecule has 0 bridgehead atoms. The minimum absolute atomic E-state index is 0.246. The second kappa shape index (κ2) is 5.46. The molecule has 1 aromatic heterocycles. The zero-order valence-corrected chi connectivity index (χ0v) is 11.1. The standard InChI is InChI=1S/C11H12FN3S2/c1-7(2)16-11-15-14-10(17-11)13-9-5-3-8(12)4-6-9/h3-7H,1-2H3,(H,13,14). The van der Waals surface area contributed by atoms with Crippen LogP contribution in [0.3, 0.4) is 0 Å². The average Bonchev–Trinajstić information content (AvgIpc) is 2.68. The summed E-state index contributed by atoms with van der Waals surface area (Å²) in [5.74, 6) is -0.246. The van der Waals surface area contributed by atoms with Crippen LogP contribution in [-0.4, -0.2) is 15.4 Å². The maximum Gasteiger partial charge on any atom is 0.210 e. The van der Waals surface area contributed by atoms with Gasteiger partial charge in [0.15, 0.2) is 4.34 Å². The average molecular weight is 269 g/mol. The summed E-state index contributed by atoms with van der Waals surface area (Å²) in [6, 6.07) is 6.16. The fraction of sp³-hybridized carbons (Fsp3) is 0.273. The summed E-state index contributed by atoms with van der Waals surface area (Å²) < 4.78 is 13.7. The van der Waals surface area contributed by atoms with E-state index in [4.69, 9.17) is 0 Å². The predicted molar refractivity (Wildman–Crippen MR) is 70.6 cm³/mol. The Hall–Kier alpha value is -1.14. The van der Waals surface area contributed by atoms with E-state index in [0.717, 1.165) is 15.2 Å². The van der Waals surface area contributed by atoms with Gasteiger partial charge >= 0.3 is 0 Å². The smallest absolute Gasteiger partial charge is 0.210 e. The van der Waals surface area contributed by atoms with E-state index in [9.17, 15) is 4.39 Å². The van der Waals surface area contributed by atoms with E-state index in [2.05, 4.69) is 29.4 Å². The van der Waals surface area contributed by atoms with Crippen molar-refractivity contribution in [1.82, 2.24) is 10.2 Å². The topological polar surface area (TPSA) is 37.8 Å². The van der Waals surface area contributed by atoms with Gasteiger partial charge in [-0.2, -0.15) is 0 Å². The third-order valence-corrected chi connectivity index (χ3v) is 3.77. The number of thioether (sulfide) groups is 1. The van der Waals surface area contributed by atoms with Crippen LogP contribution in [0, 0.1) is 5.82 Å². The van der Waals surface area contributed by atoms with Crippen LogP contribution < -0.4 is 5.32 Å². The van der Waals surface area contributed by atoms with Gasteiger partial charge in [-0.3, -0.25) is 0 Å². The highest BCUT2D eigenvalue weighted by atomic mass is 32.2. The zero-order chi connectivity index (χ0) is 12.3. The SMILES string of the molecule is CC(C)Sc1nnc(Nc2ccc(F)cc2)s1. The van der Waals surface area contributed by atoms with Gasteiger partial charge in [-0.1, -0.05) is 36.9 Å². The molecule has 0 aliphatic rings. The lowest BCUT2D eigenvalue weighted by atomic mass is 10.3. The van der Waals surface area contributed by atoms with Gasteiger partial charge in [0.05, 0.1) is 0 Å². The molecule has 0 saturated heterocycles. The number of benzene rings is 1. The molecule has 0 unspecified atom stereocenters. The normalized spacial score (nSPS) is 10.8. The Morgan fingerprint density at radius 1 is 1.24 bits per heavy atom. The summed E-state index contributed by atoms with van der Waals surface area (Å²) in [7, 11) is 0. The molecule has 0 fully saturated rings. The summed E-state index contributed by atoms with van der Waals surface area (Å²) in [5, 5.41) is 12.4. The molecule has 0 spiro atoms. The summed E-state index contributed by atoms with van der Waals surface area (Å²) in [5.41, 5.74) is 0.809. The lowest BCUT2D eigenvalue weighted by Gasteiger charge is -2.00. The first-order chi connectivity index (χ1) is 8.13. The molecule has 6 heteroatoms. The first-order valence-corrected chi connectivity index (χ1v) is 6.86. The van der Waals surface area contributed by atoms with Crippen molar-refractivity contribution in [2.45, 2.75) is 23.4 Å². The molecule has 90 valence electrons. The van der Waals surface area contributed by atoms with Gasteiger partial charge in [0, 0.05) is 10.9 Å². The quantitative estimate of drug-likeness (QED) is 0.854. The predicted octanol–water partition coefficient (Wildman–Crippen LogP) is 3.92. The van der Waals surface area contributed by atoms with Crippen molar-refractivity contribution < 1.29 is 4.39 Å². The second-order valence-electron chi connectivity index (χ2n) is 3.67.